The number of hydrogen-bond donors (Lipinski definition) is 0. The van der Waals surface area contributed by atoms with Gasteiger partial charge < -0.3 is 5.11 Å². The lowest BCUT2D eigenvalue weighted by atomic mass is 10.7. The molecule has 0 aliphatic heterocycles. The van der Waals surface area contributed by atoms with Crippen LogP contribution in [0.2, 0.25) is 0 Å². The minimum atomic E-state index is -0.334. The molecule has 2 aromatic heterocycles. The van der Waals surface area contributed by atoms with Crippen molar-refractivity contribution in [1.82, 2.24) is 15.2 Å². The predicted molar refractivity (Wildman–Crippen MR) is 66.6 cm³/mol. The zero-order valence-electron chi connectivity index (χ0n) is 10.4. The normalized spacial score (nSPS) is 11.6. The molecule has 0 amide bonds. The lowest BCUT2D eigenvalue weighted by molar-refractivity contribution is -0.753. The SMILES string of the molecule is CN(C)[n+]1cc(/N=C(\[O-])CSc2ncccn2)on1. The molecule has 0 spiro atoms. The van der Waals surface area contributed by atoms with Crippen molar-refractivity contribution in [2.45, 2.75) is 5.16 Å². The van der Waals surface area contributed by atoms with Gasteiger partial charge >= 0.3 is 5.88 Å². The molecule has 0 N–H and O–H groups in total. The monoisotopic (exact) mass is 280 g/mol. The molecule has 19 heavy (non-hydrogen) atoms. The van der Waals surface area contributed by atoms with Gasteiger partial charge in [-0.05, 0) is 12.0 Å². The minimum Gasteiger partial charge on any atom is -0.861 e. The maximum absolute atomic E-state index is 11.6. The van der Waals surface area contributed by atoms with E-state index in [0.717, 1.165) is 0 Å². The number of nitrogens with zero attached hydrogens (tertiary/aromatic N) is 6. The molecule has 2 aromatic rings. The molecule has 0 aromatic carbocycles. The van der Waals surface area contributed by atoms with E-state index in [1.165, 1.54) is 22.7 Å². The summed E-state index contributed by atoms with van der Waals surface area (Å²) in [6, 6.07) is 1.71. The molecule has 2 rings (SSSR count). The second-order valence-corrected chi connectivity index (χ2v) is 4.58. The topological polar surface area (TPSA) is 94.3 Å². The van der Waals surface area contributed by atoms with E-state index in [4.69, 9.17) is 4.52 Å². The molecule has 0 fully saturated rings. The smallest absolute Gasteiger partial charge is 0.324 e. The Morgan fingerprint density at radius 1 is 1.47 bits per heavy atom. The van der Waals surface area contributed by atoms with Crippen LogP contribution < -0.4 is 14.9 Å². The van der Waals surface area contributed by atoms with Crippen LogP contribution in [0.1, 0.15) is 0 Å². The van der Waals surface area contributed by atoms with Gasteiger partial charge in [0, 0.05) is 18.1 Å². The van der Waals surface area contributed by atoms with E-state index in [-0.39, 0.29) is 17.5 Å². The van der Waals surface area contributed by atoms with Gasteiger partial charge in [-0.2, -0.15) is 5.01 Å². The highest BCUT2D eigenvalue weighted by molar-refractivity contribution is 7.99. The van der Waals surface area contributed by atoms with Crippen LogP contribution in [0.4, 0.5) is 5.88 Å². The molecule has 0 atom stereocenters. The van der Waals surface area contributed by atoms with Gasteiger partial charge in [-0.25, -0.2) is 15.0 Å². The standard InChI is InChI=1S/C10H12N6O2S/c1-15(2)16-6-9(18-14-16)13-8(17)7-19-10-11-4-3-5-12-10/h3-6H,7H2,1-2H3. The Bertz CT molecular complexity index is 556. The largest absolute Gasteiger partial charge is 0.861 e. The maximum Gasteiger partial charge on any atom is 0.324 e. The van der Waals surface area contributed by atoms with Crippen LogP contribution in [0.15, 0.2) is 39.3 Å². The molecule has 9 heteroatoms. The molecular formula is C10H12N6O2S. The second kappa shape index (κ2) is 6.14. The number of rotatable bonds is 5. The van der Waals surface area contributed by atoms with E-state index in [1.807, 2.05) is 0 Å². The van der Waals surface area contributed by atoms with E-state index in [9.17, 15) is 5.11 Å². The summed E-state index contributed by atoms with van der Waals surface area (Å²) in [6.07, 6.45) is 4.75. The average molecular weight is 280 g/mol. The van der Waals surface area contributed by atoms with Crippen molar-refractivity contribution in [3.8, 4) is 0 Å². The molecule has 0 saturated heterocycles. The van der Waals surface area contributed by atoms with Gasteiger partial charge in [-0.15, -0.1) is 0 Å². The summed E-state index contributed by atoms with van der Waals surface area (Å²) >= 11 is 1.22. The third-order valence-corrected chi connectivity index (χ3v) is 2.82. The van der Waals surface area contributed by atoms with Gasteiger partial charge in [-0.1, -0.05) is 11.8 Å². The Labute approximate surface area is 113 Å². The molecule has 2 heterocycles. The van der Waals surface area contributed by atoms with Gasteiger partial charge in [0.1, 0.15) is 0 Å². The fourth-order valence-corrected chi connectivity index (χ4v) is 1.70. The predicted octanol–water partition coefficient (Wildman–Crippen LogP) is -0.868. The van der Waals surface area contributed by atoms with E-state index >= 15 is 0 Å². The minimum absolute atomic E-state index is 0.146. The van der Waals surface area contributed by atoms with Gasteiger partial charge in [0.2, 0.25) is 5.27 Å². The first-order valence-corrected chi connectivity index (χ1v) is 6.34. The van der Waals surface area contributed by atoms with Crippen LogP contribution in [0.25, 0.3) is 0 Å². The van der Waals surface area contributed by atoms with Crippen molar-refractivity contribution < 1.29 is 14.4 Å². The molecule has 0 radical (unpaired) electrons. The summed E-state index contributed by atoms with van der Waals surface area (Å²) in [5.41, 5.74) is 0. The molecule has 0 aliphatic carbocycles. The van der Waals surface area contributed by atoms with Crippen LogP contribution in [-0.2, 0) is 0 Å². The van der Waals surface area contributed by atoms with E-state index in [1.54, 1.807) is 37.6 Å². The Morgan fingerprint density at radius 3 is 2.84 bits per heavy atom. The molecule has 8 nitrogen and oxygen atoms in total. The highest BCUT2D eigenvalue weighted by Crippen LogP contribution is 2.12. The summed E-state index contributed by atoms with van der Waals surface area (Å²) in [5, 5.41) is 17.5. The van der Waals surface area contributed by atoms with Crippen molar-refractivity contribution in [3.63, 3.8) is 0 Å². The lowest BCUT2D eigenvalue weighted by Gasteiger charge is -2.06. The van der Waals surface area contributed by atoms with Gasteiger partial charge in [0.25, 0.3) is 6.20 Å². The van der Waals surface area contributed by atoms with Crippen LogP contribution in [0.5, 0.6) is 0 Å². The molecule has 0 unspecified atom stereocenters. The Morgan fingerprint density at radius 2 is 2.21 bits per heavy atom. The summed E-state index contributed by atoms with van der Waals surface area (Å²) in [7, 11) is 3.58. The van der Waals surface area contributed by atoms with E-state index in [0.29, 0.717) is 5.16 Å². The second-order valence-electron chi connectivity index (χ2n) is 3.63. The fraction of sp³-hybridized carbons (Fsp3) is 0.300. The van der Waals surface area contributed by atoms with Crippen LogP contribution in [0, 0.1) is 0 Å². The molecular weight excluding hydrogens is 268 g/mol. The maximum atomic E-state index is 11.6. The van der Waals surface area contributed by atoms with Crippen LogP contribution in [-0.4, -0.2) is 41.0 Å². The summed E-state index contributed by atoms with van der Waals surface area (Å²) < 4.78 is 4.89. The Hall–Kier alpha value is -2.16. The summed E-state index contributed by atoms with van der Waals surface area (Å²) in [6.45, 7) is 0. The Kier molecular flexibility index (Phi) is 4.29. The molecule has 0 aliphatic rings. The first-order chi connectivity index (χ1) is 9.15. The number of thioether (sulfide) groups is 1. The van der Waals surface area contributed by atoms with Crippen molar-refractivity contribution in [3.05, 3.63) is 24.7 Å². The van der Waals surface area contributed by atoms with Crippen molar-refractivity contribution in [2.24, 2.45) is 4.99 Å². The third-order valence-electron chi connectivity index (χ3n) is 1.96. The fourth-order valence-electron chi connectivity index (χ4n) is 1.11. The van der Waals surface area contributed by atoms with E-state index in [2.05, 4.69) is 20.2 Å². The van der Waals surface area contributed by atoms with Crippen molar-refractivity contribution in [2.75, 3.05) is 24.9 Å². The number of aliphatic imine (C=N–C) groups is 1. The molecule has 0 saturated carbocycles. The first kappa shape index (κ1) is 13.3. The van der Waals surface area contributed by atoms with Crippen molar-refractivity contribution >= 4 is 23.5 Å². The van der Waals surface area contributed by atoms with Gasteiger partial charge in [0.15, 0.2) is 5.16 Å². The van der Waals surface area contributed by atoms with Gasteiger partial charge in [-0.3, -0.25) is 4.52 Å². The zero-order chi connectivity index (χ0) is 13.7. The summed E-state index contributed by atoms with van der Waals surface area (Å²) in [5.74, 6) is -0.0278. The average Bonchev–Trinajstić information content (AvgIpc) is 2.86. The Balaban J connectivity index is 1.95. The quantitative estimate of drug-likeness (QED) is 0.231. The zero-order valence-corrected chi connectivity index (χ0v) is 11.2. The van der Waals surface area contributed by atoms with Crippen molar-refractivity contribution in [1.29, 1.82) is 0 Å². The molecule has 100 valence electrons. The van der Waals surface area contributed by atoms with E-state index < -0.39 is 0 Å². The lowest BCUT2D eigenvalue weighted by Crippen LogP contribution is -2.53. The molecule has 0 bridgehead atoms. The first-order valence-electron chi connectivity index (χ1n) is 5.36. The van der Waals surface area contributed by atoms with Crippen LogP contribution in [0.3, 0.4) is 0 Å². The number of hydrogen-bond acceptors (Lipinski definition) is 8. The highest BCUT2D eigenvalue weighted by Gasteiger charge is 2.12. The number of aromatic nitrogens is 4. The van der Waals surface area contributed by atoms with Crippen LogP contribution >= 0.6 is 11.8 Å². The summed E-state index contributed by atoms with van der Waals surface area (Å²) in [4.78, 5) is 13.2. The third kappa shape index (κ3) is 3.91. The highest BCUT2D eigenvalue weighted by atomic mass is 32.2. The van der Waals surface area contributed by atoms with Gasteiger partial charge in [0.05, 0.1) is 18.9 Å².